The third-order valence-corrected chi connectivity index (χ3v) is 2.08. The van der Waals surface area contributed by atoms with Crippen LogP contribution in [0.3, 0.4) is 0 Å². The van der Waals surface area contributed by atoms with Crippen LogP contribution in [0.1, 0.15) is 20.7 Å². The number of nitrogens with two attached hydrogens (primary N) is 1. The number of primary amides is 1. The van der Waals surface area contributed by atoms with Gasteiger partial charge in [0.1, 0.15) is 11.3 Å². The van der Waals surface area contributed by atoms with Crippen molar-refractivity contribution in [2.75, 3.05) is 0 Å². The molecule has 98 valence electrons. The normalized spacial score (nSPS) is 9.05. The molecular formula is C13H12N2O4. The molecule has 0 bridgehead atoms. The Morgan fingerprint density at radius 2 is 1.79 bits per heavy atom. The minimum atomic E-state index is -1.11. The van der Waals surface area contributed by atoms with Gasteiger partial charge in [0.05, 0.1) is 5.56 Å². The molecule has 0 radical (unpaired) electrons. The van der Waals surface area contributed by atoms with Gasteiger partial charge in [-0.1, -0.05) is 12.1 Å². The molecular weight excluding hydrogens is 248 g/mol. The van der Waals surface area contributed by atoms with Crippen LogP contribution >= 0.6 is 0 Å². The summed E-state index contributed by atoms with van der Waals surface area (Å²) in [6.45, 7) is 0. The molecule has 0 aliphatic heterocycles. The lowest BCUT2D eigenvalue weighted by Gasteiger charge is -1.95. The highest BCUT2D eigenvalue weighted by atomic mass is 16.4. The molecule has 0 aliphatic carbocycles. The minimum Gasteiger partial charge on any atom is -0.507 e. The number of carbonyl (C=O) groups excluding carboxylic acids is 1. The summed E-state index contributed by atoms with van der Waals surface area (Å²) in [5, 5.41) is 17.3. The van der Waals surface area contributed by atoms with E-state index in [4.69, 9.17) is 15.9 Å². The van der Waals surface area contributed by atoms with Gasteiger partial charge in [-0.2, -0.15) is 0 Å². The third-order valence-electron chi connectivity index (χ3n) is 2.08. The van der Waals surface area contributed by atoms with Crippen LogP contribution in [0.15, 0.2) is 48.8 Å². The predicted molar refractivity (Wildman–Crippen MR) is 67.8 cm³/mol. The number of carboxylic acids is 1. The molecule has 0 unspecified atom stereocenters. The van der Waals surface area contributed by atoms with Gasteiger partial charge in [0, 0.05) is 12.4 Å². The van der Waals surface area contributed by atoms with E-state index in [0.29, 0.717) is 5.56 Å². The number of carbonyl (C=O) groups is 2. The summed E-state index contributed by atoms with van der Waals surface area (Å²) in [6.07, 6.45) is 3.02. The fourth-order valence-corrected chi connectivity index (χ4v) is 1.16. The molecule has 0 aliphatic rings. The molecule has 1 amide bonds. The van der Waals surface area contributed by atoms with E-state index in [2.05, 4.69) is 4.98 Å². The van der Waals surface area contributed by atoms with E-state index in [1.165, 1.54) is 18.3 Å². The molecule has 2 rings (SSSR count). The summed E-state index contributed by atoms with van der Waals surface area (Å²) in [6, 6.07) is 9.10. The zero-order chi connectivity index (χ0) is 14.3. The molecule has 6 nitrogen and oxygen atoms in total. The molecule has 0 fully saturated rings. The zero-order valence-corrected chi connectivity index (χ0v) is 9.85. The van der Waals surface area contributed by atoms with Crippen molar-refractivity contribution in [2.24, 2.45) is 5.73 Å². The molecule has 1 aromatic heterocycles. The van der Waals surface area contributed by atoms with Crippen LogP contribution in [0.4, 0.5) is 0 Å². The van der Waals surface area contributed by atoms with Crippen LogP contribution in [0.5, 0.6) is 5.75 Å². The number of benzene rings is 1. The second-order valence-corrected chi connectivity index (χ2v) is 3.43. The number of hydrogen-bond acceptors (Lipinski definition) is 4. The first-order chi connectivity index (χ1) is 9.02. The van der Waals surface area contributed by atoms with Gasteiger partial charge in [-0.3, -0.25) is 9.78 Å². The number of hydrogen-bond donors (Lipinski definition) is 3. The summed E-state index contributed by atoms with van der Waals surface area (Å²) >= 11 is 0. The summed E-state index contributed by atoms with van der Waals surface area (Å²) in [5.41, 5.74) is 5.31. The molecule has 2 aromatic rings. The maximum absolute atomic E-state index is 10.4. The molecule has 1 aromatic carbocycles. The fourth-order valence-electron chi connectivity index (χ4n) is 1.16. The van der Waals surface area contributed by atoms with Gasteiger partial charge >= 0.3 is 5.97 Å². The van der Waals surface area contributed by atoms with Gasteiger partial charge in [-0.25, -0.2) is 4.79 Å². The van der Waals surface area contributed by atoms with Crippen molar-refractivity contribution in [1.29, 1.82) is 0 Å². The van der Waals surface area contributed by atoms with Gasteiger partial charge in [-0.05, 0) is 24.3 Å². The Morgan fingerprint density at radius 3 is 2.16 bits per heavy atom. The number of pyridine rings is 1. The lowest BCUT2D eigenvalue weighted by Crippen LogP contribution is -2.10. The van der Waals surface area contributed by atoms with Crippen LogP contribution < -0.4 is 5.73 Å². The number of aromatic carboxylic acids is 1. The van der Waals surface area contributed by atoms with Crippen molar-refractivity contribution >= 4 is 11.9 Å². The van der Waals surface area contributed by atoms with Crippen molar-refractivity contribution in [1.82, 2.24) is 4.98 Å². The number of rotatable bonds is 2. The Morgan fingerprint density at radius 1 is 1.11 bits per heavy atom. The van der Waals surface area contributed by atoms with Gasteiger partial charge < -0.3 is 15.9 Å². The zero-order valence-electron chi connectivity index (χ0n) is 9.85. The van der Waals surface area contributed by atoms with E-state index >= 15 is 0 Å². The number of carboxylic acid groups (broad SMARTS) is 1. The standard InChI is InChI=1S/C7H6O3.C6H6N2O/c8-6-4-2-1-3-5(6)7(9)10;7-6(9)5-2-1-3-8-4-5/h1-4,8H,(H,9,10);1-4H,(H2,7,9). The third kappa shape index (κ3) is 4.47. The lowest BCUT2D eigenvalue weighted by molar-refractivity contribution is 0.0693. The minimum absolute atomic E-state index is 0.0671. The topological polar surface area (TPSA) is 114 Å². The molecule has 1 heterocycles. The molecule has 0 saturated carbocycles. The van der Waals surface area contributed by atoms with Gasteiger partial charge in [0.25, 0.3) is 0 Å². The van der Waals surface area contributed by atoms with Crippen LogP contribution in [-0.4, -0.2) is 27.1 Å². The van der Waals surface area contributed by atoms with Crippen LogP contribution in [0.2, 0.25) is 0 Å². The highest BCUT2D eigenvalue weighted by Crippen LogP contribution is 2.14. The Balaban J connectivity index is 0.000000191. The van der Waals surface area contributed by atoms with Gasteiger partial charge in [-0.15, -0.1) is 0 Å². The quantitative estimate of drug-likeness (QED) is 0.752. The molecule has 19 heavy (non-hydrogen) atoms. The van der Waals surface area contributed by atoms with E-state index in [1.807, 2.05) is 0 Å². The largest absolute Gasteiger partial charge is 0.507 e. The number of para-hydroxylation sites is 1. The molecule has 4 N–H and O–H groups in total. The van der Waals surface area contributed by atoms with Crippen LogP contribution in [0, 0.1) is 0 Å². The Bertz CT molecular complexity index is 570. The molecule has 0 saturated heterocycles. The predicted octanol–water partition coefficient (Wildman–Crippen LogP) is 1.27. The van der Waals surface area contributed by atoms with Crippen molar-refractivity contribution in [3.05, 3.63) is 59.9 Å². The average Bonchev–Trinajstić information content (AvgIpc) is 2.40. The Labute approximate surface area is 109 Å². The maximum Gasteiger partial charge on any atom is 0.339 e. The highest BCUT2D eigenvalue weighted by Gasteiger charge is 2.05. The second-order valence-electron chi connectivity index (χ2n) is 3.43. The van der Waals surface area contributed by atoms with Crippen molar-refractivity contribution in [3.8, 4) is 5.75 Å². The molecule has 6 heteroatoms. The van der Waals surface area contributed by atoms with E-state index < -0.39 is 11.9 Å². The summed E-state index contributed by atoms with van der Waals surface area (Å²) in [4.78, 5) is 24.4. The summed E-state index contributed by atoms with van der Waals surface area (Å²) in [7, 11) is 0. The van der Waals surface area contributed by atoms with Crippen LogP contribution in [-0.2, 0) is 0 Å². The lowest BCUT2D eigenvalue weighted by atomic mass is 10.2. The van der Waals surface area contributed by atoms with Crippen LogP contribution in [0.25, 0.3) is 0 Å². The van der Waals surface area contributed by atoms with Crippen molar-refractivity contribution in [3.63, 3.8) is 0 Å². The summed E-state index contributed by atoms with van der Waals surface area (Å²) < 4.78 is 0. The highest BCUT2D eigenvalue weighted by molar-refractivity contribution is 5.92. The molecule has 0 atom stereocenters. The monoisotopic (exact) mass is 260 g/mol. The summed E-state index contributed by atoms with van der Waals surface area (Å²) in [5.74, 6) is -1.75. The van der Waals surface area contributed by atoms with Crippen molar-refractivity contribution in [2.45, 2.75) is 0 Å². The number of nitrogens with zero attached hydrogens (tertiary/aromatic N) is 1. The van der Waals surface area contributed by atoms with E-state index in [1.54, 1.807) is 30.5 Å². The van der Waals surface area contributed by atoms with E-state index in [-0.39, 0.29) is 11.3 Å². The number of phenols is 1. The van der Waals surface area contributed by atoms with E-state index in [0.717, 1.165) is 0 Å². The smallest absolute Gasteiger partial charge is 0.339 e. The SMILES string of the molecule is NC(=O)c1cccnc1.O=C(O)c1ccccc1O. The fraction of sp³-hybridized carbons (Fsp3) is 0. The van der Waals surface area contributed by atoms with Gasteiger partial charge in [0.2, 0.25) is 5.91 Å². The Hall–Kier alpha value is -2.89. The Kier molecular flexibility index (Phi) is 5.04. The second kappa shape index (κ2) is 6.75. The number of aromatic hydroxyl groups is 1. The molecule has 0 spiro atoms. The number of amides is 1. The van der Waals surface area contributed by atoms with Gasteiger partial charge in [0.15, 0.2) is 0 Å². The first-order valence-corrected chi connectivity index (χ1v) is 5.23. The first-order valence-electron chi connectivity index (χ1n) is 5.23. The maximum atomic E-state index is 10.4. The van der Waals surface area contributed by atoms with Crippen molar-refractivity contribution < 1.29 is 19.8 Å². The average molecular weight is 260 g/mol. The van der Waals surface area contributed by atoms with E-state index in [9.17, 15) is 9.59 Å². The number of aromatic nitrogens is 1. The first kappa shape index (κ1) is 14.2.